The molecule has 2 aliphatic rings. The first kappa shape index (κ1) is 26.1. The summed E-state index contributed by atoms with van der Waals surface area (Å²) < 4.78 is 15.1. The van der Waals surface area contributed by atoms with Crippen LogP contribution in [0.25, 0.3) is 11.0 Å². The lowest BCUT2D eigenvalue weighted by Gasteiger charge is -2.25. The third kappa shape index (κ3) is 4.77. The van der Waals surface area contributed by atoms with Crippen LogP contribution in [-0.4, -0.2) is 49.9 Å². The highest BCUT2D eigenvalue weighted by Gasteiger charge is 2.60. The third-order valence-electron chi connectivity index (χ3n) is 7.24. The number of anilines is 1. The number of carbonyl (C=O) groups is 3. The number of primary amides is 1. The summed E-state index contributed by atoms with van der Waals surface area (Å²) in [6, 6.07) is 14.3. The zero-order valence-corrected chi connectivity index (χ0v) is 22.6. The van der Waals surface area contributed by atoms with Crippen LogP contribution < -0.4 is 21.1 Å². The van der Waals surface area contributed by atoms with Crippen LogP contribution in [0.4, 0.5) is 10.7 Å². The zero-order valence-electron chi connectivity index (χ0n) is 22.6. The molecule has 1 aliphatic heterocycles. The number of nitrogens with two attached hydrogens (primary N) is 1. The third-order valence-corrected chi connectivity index (χ3v) is 7.24. The van der Waals surface area contributed by atoms with Gasteiger partial charge in [-0.1, -0.05) is 42.5 Å². The first-order valence-electron chi connectivity index (χ1n) is 13.3. The highest BCUT2D eigenvalue weighted by Crippen LogP contribution is 2.56. The van der Waals surface area contributed by atoms with Crippen LogP contribution in [0.15, 0.2) is 60.7 Å². The molecule has 4 aromatic rings. The Morgan fingerprint density at radius 1 is 1.22 bits per heavy atom. The van der Waals surface area contributed by atoms with E-state index in [1.54, 1.807) is 22.9 Å². The van der Waals surface area contributed by atoms with Gasteiger partial charge in [0.15, 0.2) is 0 Å². The summed E-state index contributed by atoms with van der Waals surface area (Å²) in [6.45, 7) is 4.66. The van der Waals surface area contributed by atoms with E-state index < -0.39 is 17.5 Å². The number of rotatable bonds is 9. The van der Waals surface area contributed by atoms with Crippen molar-refractivity contribution in [3.05, 3.63) is 83.2 Å². The Morgan fingerprint density at radius 3 is 2.78 bits per heavy atom. The number of aryl methyl sites for hydroxylation is 2. The molecule has 12 heteroatoms. The van der Waals surface area contributed by atoms with Crippen LogP contribution in [0.5, 0.6) is 5.75 Å². The molecule has 3 amide bonds. The first-order chi connectivity index (χ1) is 19.8. The van der Waals surface area contributed by atoms with Crippen molar-refractivity contribution < 1.29 is 23.9 Å². The number of fused-ring (bicyclic) bond motifs is 2. The standard InChI is InChI=1S/C29H29N7O5/c1-3-35-21(12-17(2)34-35)26(38)33-27-32-20-13-19(25(30)37)14-22-24(20)36(27)29(15-23(29)41-22)10-7-11-31-28(39)40-16-18-8-5-4-6-9-18/h4-10,12-14,23H,3,11,15-16H2,1-2H3,(H2,30,37)(H,31,39)(H,32,33,38)/b10-7+/t23?,29-/m1/s1. The number of hydrogen-bond donors (Lipinski definition) is 3. The van der Waals surface area contributed by atoms with E-state index in [0.29, 0.717) is 41.4 Å². The van der Waals surface area contributed by atoms with Gasteiger partial charge in [0, 0.05) is 25.1 Å². The van der Waals surface area contributed by atoms with E-state index in [1.165, 1.54) is 0 Å². The Hall–Kier alpha value is -5.13. The smallest absolute Gasteiger partial charge is 0.407 e. The van der Waals surface area contributed by atoms with Gasteiger partial charge in [0.05, 0.1) is 11.2 Å². The highest BCUT2D eigenvalue weighted by molar-refractivity contribution is 6.04. The fourth-order valence-corrected chi connectivity index (χ4v) is 5.23. The Balaban J connectivity index is 1.26. The van der Waals surface area contributed by atoms with Gasteiger partial charge in [0.2, 0.25) is 11.9 Å². The van der Waals surface area contributed by atoms with Crippen LogP contribution in [0.2, 0.25) is 0 Å². The molecule has 4 N–H and O–H groups in total. The van der Waals surface area contributed by atoms with Gasteiger partial charge in [-0.2, -0.15) is 5.10 Å². The van der Waals surface area contributed by atoms with Crippen molar-refractivity contribution in [1.82, 2.24) is 24.6 Å². The second-order valence-corrected chi connectivity index (χ2v) is 10.1. The number of imidazole rings is 1. The monoisotopic (exact) mass is 555 g/mol. The number of nitrogens with zero attached hydrogens (tertiary/aromatic N) is 4. The summed E-state index contributed by atoms with van der Waals surface area (Å²) >= 11 is 0. The molecule has 0 spiro atoms. The zero-order chi connectivity index (χ0) is 28.7. The molecule has 3 heterocycles. The van der Waals surface area contributed by atoms with E-state index in [2.05, 4.69) is 20.7 Å². The van der Waals surface area contributed by atoms with E-state index in [-0.39, 0.29) is 30.7 Å². The second kappa shape index (κ2) is 10.1. The lowest BCUT2D eigenvalue weighted by molar-refractivity contribution is 0.0995. The Bertz CT molecular complexity index is 1710. The predicted molar refractivity (Wildman–Crippen MR) is 150 cm³/mol. The van der Waals surface area contributed by atoms with E-state index in [9.17, 15) is 14.4 Å². The minimum absolute atomic E-state index is 0.173. The predicted octanol–water partition coefficient (Wildman–Crippen LogP) is 3.25. The van der Waals surface area contributed by atoms with Crippen molar-refractivity contribution in [2.24, 2.45) is 5.73 Å². The van der Waals surface area contributed by atoms with Crippen molar-refractivity contribution >= 4 is 34.9 Å². The lowest BCUT2D eigenvalue weighted by atomic mass is 10.1. The summed E-state index contributed by atoms with van der Waals surface area (Å²) in [7, 11) is 0. The quantitative estimate of drug-likeness (QED) is 0.268. The van der Waals surface area contributed by atoms with Crippen molar-refractivity contribution in [1.29, 1.82) is 0 Å². The number of amides is 3. The number of hydrogen-bond acceptors (Lipinski definition) is 7. The SMILES string of the molecule is CCn1nc(C)cc1C(=O)Nc1nc2cc(C(N)=O)cc3c2n1[C@]1(/C=C/CNC(=O)OCc2ccccc2)CC1O3. The van der Waals surface area contributed by atoms with Gasteiger partial charge >= 0.3 is 6.09 Å². The second-order valence-electron chi connectivity index (χ2n) is 10.1. The van der Waals surface area contributed by atoms with E-state index >= 15 is 0 Å². The lowest BCUT2D eigenvalue weighted by Crippen LogP contribution is -2.30. The largest absolute Gasteiger partial charge is 0.485 e. The molecule has 1 unspecified atom stereocenters. The molecule has 0 radical (unpaired) electrons. The summed E-state index contributed by atoms with van der Waals surface area (Å²) in [4.78, 5) is 42.2. The molecule has 0 saturated heterocycles. The maximum atomic E-state index is 13.3. The molecule has 2 aromatic heterocycles. The molecule has 210 valence electrons. The molecule has 12 nitrogen and oxygen atoms in total. The fraction of sp³-hybridized carbons (Fsp3) is 0.276. The molecule has 1 fully saturated rings. The average molecular weight is 556 g/mol. The van der Waals surface area contributed by atoms with Crippen molar-refractivity contribution in [3.63, 3.8) is 0 Å². The molecule has 6 rings (SSSR count). The van der Waals surface area contributed by atoms with Gasteiger partial charge in [-0.25, -0.2) is 9.78 Å². The van der Waals surface area contributed by atoms with Crippen LogP contribution in [-0.2, 0) is 23.4 Å². The van der Waals surface area contributed by atoms with E-state index in [0.717, 1.165) is 11.3 Å². The number of benzene rings is 2. The summed E-state index contributed by atoms with van der Waals surface area (Å²) in [5, 5.41) is 10.0. The molecule has 41 heavy (non-hydrogen) atoms. The number of aromatic nitrogens is 4. The van der Waals surface area contributed by atoms with Gasteiger partial charge in [0.1, 0.15) is 35.2 Å². The van der Waals surface area contributed by atoms with Crippen LogP contribution >= 0.6 is 0 Å². The number of alkyl carbamates (subject to hydrolysis) is 1. The molecule has 1 aliphatic carbocycles. The van der Waals surface area contributed by atoms with Crippen molar-refractivity contribution in [2.45, 2.75) is 45.1 Å². The maximum Gasteiger partial charge on any atom is 0.407 e. The van der Waals surface area contributed by atoms with Crippen LogP contribution in [0, 0.1) is 6.92 Å². The summed E-state index contributed by atoms with van der Waals surface area (Å²) in [5.41, 5.74) is 8.30. The topological polar surface area (TPSA) is 155 Å². The first-order valence-corrected chi connectivity index (χ1v) is 13.3. The molecule has 2 aromatic carbocycles. The van der Waals surface area contributed by atoms with E-state index in [4.69, 9.17) is 15.2 Å². The van der Waals surface area contributed by atoms with Gasteiger partial charge in [-0.15, -0.1) is 0 Å². The van der Waals surface area contributed by atoms with Gasteiger partial charge in [-0.05, 0) is 37.6 Å². The molecular weight excluding hydrogens is 526 g/mol. The van der Waals surface area contributed by atoms with Crippen molar-refractivity contribution in [2.75, 3.05) is 11.9 Å². The number of ether oxygens (including phenoxy) is 2. The normalized spacial score (nSPS) is 18.5. The van der Waals surface area contributed by atoms with Crippen LogP contribution in [0.1, 0.15) is 45.4 Å². The number of carbonyl (C=O) groups excluding carboxylic acids is 3. The van der Waals surface area contributed by atoms with Gasteiger partial charge in [-0.3, -0.25) is 24.2 Å². The maximum absolute atomic E-state index is 13.3. The Kier molecular flexibility index (Phi) is 6.45. The molecule has 0 bridgehead atoms. The summed E-state index contributed by atoms with van der Waals surface area (Å²) in [5.74, 6) is -0.193. The van der Waals surface area contributed by atoms with E-state index in [1.807, 2.05) is 60.9 Å². The minimum atomic E-state index is -0.644. The highest BCUT2D eigenvalue weighted by atomic mass is 16.5. The average Bonchev–Trinajstić information content (AvgIpc) is 3.33. The van der Waals surface area contributed by atoms with Crippen LogP contribution in [0.3, 0.4) is 0 Å². The molecular formula is C29H29N7O5. The van der Waals surface area contributed by atoms with Crippen molar-refractivity contribution in [3.8, 4) is 5.75 Å². The molecule has 1 saturated carbocycles. The van der Waals surface area contributed by atoms with Gasteiger partial charge < -0.3 is 20.5 Å². The minimum Gasteiger partial charge on any atom is -0.485 e. The molecule has 2 atom stereocenters. The Morgan fingerprint density at radius 2 is 2.02 bits per heavy atom. The van der Waals surface area contributed by atoms with Gasteiger partial charge in [0.25, 0.3) is 5.91 Å². The summed E-state index contributed by atoms with van der Waals surface area (Å²) in [6.07, 6.45) is 3.56. The fourth-order valence-electron chi connectivity index (χ4n) is 5.23. The Labute approximate surface area is 235 Å². The number of nitrogens with one attached hydrogen (secondary N) is 2.